The number of carbonyl (C=O) groups excluding carboxylic acids is 2. The van der Waals surface area contributed by atoms with Gasteiger partial charge in [0.2, 0.25) is 0 Å². The Labute approximate surface area is 183 Å². The highest BCUT2D eigenvalue weighted by Crippen LogP contribution is 2.35. The number of ether oxygens (including phenoxy) is 2. The molecule has 0 radical (unpaired) electrons. The largest absolute Gasteiger partial charge is 0.469 e. The molecule has 2 heterocycles. The number of rotatable bonds is 3. The van der Waals surface area contributed by atoms with Crippen molar-refractivity contribution in [1.29, 1.82) is 5.26 Å². The van der Waals surface area contributed by atoms with Crippen LogP contribution >= 0.6 is 15.9 Å². The summed E-state index contributed by atoms with van der Waals surface area (Å²) in [7, 11) is 1.30. The van der Waals surface area contributed by atoms with E-state index in [1.54, 1.807) is 25.5 Å². The molecule has 1 atom stereocenters. The van der Waals surface area contributed by atoms with Crippen molar-refractivity contribution < 1.29 is 19.1 Å². The molecule has 0 bridgehead atoms. The van der Waals surface area contributed by atoms with Gasteiger partial charge >= 0.3 is 12.1 Å². The van der Waals surface area contributed by atoms with Crippen molar-refractivity contribution >= 4 is 28.0 Å². The monoisotopic (exact) mass is 474 g/mol. The van der Waals surface area contributed by atoms with Crippen molar-refractivity contribution in [1.82, 2.24) is 14.7 Å². The summed E-state index contributed by atoms with van der Waals surface area (Å²) in [5, 5.41) is 14.5. The van der Waals surface area contributed by atoms with Crippen molar-refractivity contribution in [3.8, 4) is 11.8 Å². The summed E-state index contributed by atoms with van der Waals surface area (Å²) in [4.78, 5) is 26.1. The fourth-order valence-electron chi connectivity index (χ4n) is 3.37. The van der Waals surface area contributed by atoms with E-state index in [9.17, 15) is 14.9 Å². The Morgan fingerprint density at radius 1 is 1.30 bits per heavy atom. The summed E-state index contributed by atoms with van der Waals surface area (Å²) >= 11 is 3.42. The number of aromatic nitrogens is 2. The van der Waals surface area contributed by atoms with Crippen LogP contribution in [0.15, 0.2) is 28.7 Å². The second-order valence-corrected chi connectivity index (χ2v) is 8.82. The molecule has 1 aromatic carbocycles. The standard InChI is InChI=1S/C21H23BrN4O4/c1-21(2,3)30-20(28)25-10-9-16-19(17(25)12-23)15(11-18(27)29-4)24-26(16)14-7-5-13(22)6-8-14/h5-8,17H,9-11H2,1-4H3. The zero-order valence-corrected chi connectivity index (χ0v) is 18.9. The third kappa shape index (κ3) is 4.49. The first-order chi connectivity index (χ1) is 14.1. The van der Waals surface area contributed by atoms with Crippen LogP contribution in [0.3, 0.4) is 0 Å². The van der Waals surface area contributed by atoms with E-state index >= 15 is 0 Å². The molecule has 0 spiro atoms. The minimum atomic E-state index is -0.910. The molecule has 0 saturated carbocycles. The Morgan fingerprint density at radius 3 is 2.53 bits per heavy atom. The van der Waals surface area contributed by atoms with Crippen LogP contribution in [-0.4, -0.2) is 46.0 Å². The van der Waals surface area contributed by atoms with E-state index in [4.69, 9.17) is 9.47 Å². The predicted octanol–water partition coefficient (Wildman–Crippen LogP) is 3.71. The minimum Gasteiger partial charge on any atom is -0.469 e. The van der Waals surface area contributed by atoms with E-state index in [0.717, 1.165) is 15.9 Å². The second-order valence-electron chi connectivity index (χ2n) is 7.90. The Hall–Kier alpha value is -2.86. The van der Waals surface area contributed by atoms with E-state index in [0.29, 0.717) is 24.2 Å². The number of nitrogens with zero attached hydrogens (tertiary/aromatic N) is 4. The number of carbonyl (C=O) groups is 2. The highest BCUT2D eigenvalue weighted by Gasteiger charge is 2.38. The average molecular weight is 475 g/mol. The van der Waals surface area contributed by atoms with E-state index in [1.807, 2.05) is 24.3 Å². The fraction of sp³-hybridized carbons (Fsp3) is 0.429. The van der Waals surface area contributed by atoms with Gasteiger partial charge in [0.15, 0.2) is 6.04 Å². The summed E-state index contributed by atoms with van der Waals surface area (Å²) in [6.07, 6.45) is -0.195. The van der Waals surface area contributed by atoms with Crippen LogP contribution in [0.5, 0.6) is 0 Å². The SMILES string of the molecule is COC(=O)Cc1nn(-c2ccc(Br)cc2)c2c1C(C#N)N(C(=O)OC(C)(C)C)CC2. The van der Waals surface area contributed by atoms with Crippen LogP contribution in [0.4, 0.5) is 4.79 Å². The van der Waals surface area contributed by atoms with Crippen LogP contribution in [0.2, 0.25) is 0 Å². The van der Waals surface area contributed by atoms with Crippen molar-refractivity contribution in [2.75, 3.05) is 13.7 Å². The maximum absolute atomic E-state index is 12.7. The number of hydrogen-bond donors (Lipinski definition) is 0. The van der Waals surface area contributed by atoms with Crippen molar-refractivity contribution in [2.45, 2.75) is 45.3 Å². The molecule has 30 heavy (non-hydrogen) atoms. The van der Waals surface area contributed by atoms with E-state index in [1.165, 1.54) is 12.0 Å². The summed E-state index contributed by atoms with van der Waals surface area (Å²) < 4.78 is 12.9. The molecule has 0 fully saturated rings. The van der Waals surface area contributed by atoms with Gasteiger partial charge in [0.05, 0.1) is 36.7 Å². The van der Waals surface area contributed by atoms with Gasteiger partial charge in [-0.2, -0.15) is 10.4 Å². The summed E-state index contributed by atoms with van der Waals surface area (Å²) in [5.74, 6) is -0.468. The molecule has 1 aromatic heterocycles. The molecule has 158 valence electrons. The third-order valence-corrected chi connectivity index (χ3v) is 5.16. The number of methoxy groups -OCH3 is 1. The molecule has 1 amide bonds. The van der Waals surface area contributed by atoms with Crippen LogP contribution in [0, 0.1) is 11.3 Å². The lowest BCUT2D eigenvalue weighted by atomic mass is 9.96. The first kappa shape index (κ1) is 21.8. The number of amides is 1. The second kappa shape index (κ2) is 8.48. The molecule has 2 aromatic rings. The van der Waals surface area contributed by atoms with Gasteiger partial charge in [-0.25, -0.2) is 9.48 Å². The molecule has 1 aliphatic heterocycles. The number of halogens is 1. The predicted molar refractivity (Wildman–Crippen MR) is 112 cm³/mol. The lowest BCUT2D eigenvalue weighted by Gasteiger charge is -2.33. The van der Waals surface area contributed by atoms with Gasteiger partial charge in [-0.15, -0.1) is 0 Å². The smallest absolute Gasteiger partial charge is 0.411 e. The highest BCUT2D eigenvalue weighted by atomic mass is 79.9. The van der Waals surface area contributed by atoms with Gasteiger partial charge in [-0.05, 0) is 45.0 Å². The van der Waals surface area contributed by atoms with Gasteiger partial charge in [-0.1, -0.05) is 15.9 Å². The van der Waals surface area contributed by atoms with Crippen LogP contribution in [0.25, 0.3) is 5.69 Å². The van der Waals surface area contributed by atoms with Gasteiger partial charge in [0, 0.05) is 23.0 Å². The zero-order chi connectivity index (χ0) is 22.1. The maximum Gasteiger partial charge on any atom is 0.411 e. The van der Waals surface area contributed by atoms with Crippen LogP contribution < -0.4 is 0 Å². The number of hydrogen-bond acceptors (Lipinski definition) is 6. The number of nitriles is 1. The van der Waals surface area contributed by atoms with Crippen LogP contribution in [0.1, 0.15) is 43.8 Å². The normalized spacial score (nSPS) is 15.9. The van der Waals surface area contributed by atoms with Gasteiger partial charge in [-0.3, -0.25) is 9.69 Å². The Balaban J connectivity index is 2.09. The van der Waals surface area contributed by atoms with Crippen molar-refractivity contribution in [2.24, 2.45) is 0 Å². The minimum absolute atomic E-state index is 0.0945. The first-order valence-electron chi connectivity index (χ1n) is 9.47. The number of benzene rings is 1. The lowest BCUT2D eigenvalue weighted by molar-refractivity contribution is -0.139. The Kier molecular flexibility index (Phi) is 6.17. The Bertz CT molecular complexity index is 1000. The summed E-state index contributed by atoms with van der Waals surface area (Å²) in [6.45, 7) is 5.63. The molecular weight excluding hydrogens is 452 g/mol. The van der Waals surface area contributed by atoms with Crippen molar-refractivity contribution in [3.63, 3.8) is 0 Å². The van der Waals surface area contributed by atoms with Crippen LogP contribution in [-0.2, 0) is 27.1 Å². The first-order valence-corrected chi connectivity index (χ1v) is 10.3. The molecule has 0 aliphatic carbocycles. The molecule has 0 saturated heterocycles. The molecule has 1 unspecified atom stereocenters. The molecule has 1 aliphatic rings. The molecular formula is C21H23BrN4O4. The molecule has 8 nitrogen and oxygen atoms in total. The molecule has 0 N–H and O–H groups in total. The average Bonchev–Trinajstić information content (AvgIpc) is 3.04. The lowest BCUT2D eigenvalue weighted by Crippen LogP contribution is -2.43. The maximum atomic E-state index is 12.7. The summed E-state index contributed by atoms with van der Waals surface area (Å²) in [6, 6.07) is 8.84. The van der Waals surface area contributed by atoms with Gasteiger partial charge in [0.25, 0.3) is 0 Å². The third-order valence-electron chi connectivity index (χ3n) is 4.63. The zero-order valence-electron chi connectivity index (χ0n) is 17.3. The van der Waals surface area contributed by atoms with E-state index in [-0.39, 0.29) is 6.42 Å². The van der Waals surface area contributed by atoms with Crippen molar-refractivity contribution in [3.05, 3.63) is 45.7 Å². The Morgan fingerprint density at radius 2 is 1.97 bits per heavy atom. The topological polar surface area (TPSA) is 97.5 Å². The van der Waals surface area contributed by atoms with E-state index < -0.39 is 23.7 Å². The molecule has 3 rings (SSSR count). The molecule has 9 heteroatoms. The fourth-order valence-corrected chi connectivity index (χ4v) is 3.63. The van der Waals surface area contributed by atoms with E-state index in [2.05, 4.69) is 27.1 Å². The van der Waals surface area contributed by atoms with Gasteiger partial charge in [0.1, 0.15) is 5.60 Å². The van der Waals surface area contributed by atoms with Gasteiger partial charge < -0.3 is 9.47 Å². The summed E-state index contributed by atoms with van der Waals surface area (Å²) in [5.41, 5.74) is 1.88. The number of esters is 1. The number of fused-ring (bicyclic) bond motifs is 1. The quantitative estimate of drug-likeness (QED) is 0.628. The highest BCUT2D eigenvalue weighted by molar-refractivity contribution is 9.10.